The van der Waals surface area contributed by atoms with E-state index in [2.05, 4.69) is 12.2 Å². The zero-order valence-corrected chi connectivity index (χ0v) is 11.2. The van der Waals surface area contributed by atoms with E-state index in [0.717, 1.165) is 26.1 Å². The first kappa shape index (κ1) is 14.5. The topological polar surface area (TPSA) is 47.6 Å². The molecule has 0 aromatic heterocycles. The Labute approximate surface area is 104 Å². The molecule has 1 N–H and O–H groups in total. The van der Waals surface area contributed by atoms with Crippen LogP contribution in [0.2, 0.25) is 0 Å². The predicted molar refractivity (Wildman–Crippen MR) is 66.8 cm³/mol. The minimum atomic E-state index is -0.112. The number of esters is 1. The highest BCUT2D eigenvalue weighted by Crippen LogP contribution is 2.18. The van der Waals surface area contributed by atoms with Gasteiger partial charge in [0.15, 0.2) is 0 Å². The number of hydrogen-bond donors (Lipinski definition) is 1. The van der Waals surface area contributed by atoms with Crippen LogP contribution in [0.1, 0.15) is 33.6 Å². The number of carbonyl (C=O) groups is 1. The maximum atomic E-state index is 11.4. The largest absolute Gasteiger partial charge is 0.466 e. The first-order chi connectivity index (χ1) is 8.15. The van der Waals surface area contributed by atoms with Gasteiger partial charge in [0.1, 0.15) is 0 Å². The fraction of sp³-hybridized carbons (Fsp3) is 0.923. The molecule has 1 fully saturated rings. The van der Waals surface area contributed by atoms with Crippen LogP contribution in [-0.4, -0.2) is 38.4 Å². The van der Waals surface area contributed by atoms with E-state index in [0.29, 0.717) is 25.1 Å². The first-order valence-corrected chi connectivity index (χ1v) is 6.63. The number of ether oxygens (including phenoxy) is 2. The van der Waals surface area contributed by atoms with Crippen LogP contribution in [0.5, 0.6) is 0 Å². The second-order valence-electron chi connectivity index (χ2n) is 4.80. The van der Waals surface area contributed by atoms with Crippen molar-refractivity contribution in [1.29, 1.82) is 0 Å². The quantitative estimate of drug-likeness (QED) is 0.720. The van der Waals surface area contributed by atoms with Crippen LogP contribution in [0.3, 0.4) is 0 Å². The predicted octanol–water partition coefficient (Wildman–Crippen LogP) is 1.59. The fourth-order valence-corrected chi connectivity index (χ4v) is 2.11. The zero-order valence-electron chi connectivity index (χ0n) is 11.2. The van der Waals surface area contributed by atoms with Gasteiger partial charge in [-0.1, -0.05) is 6.92 Å². The first-order valence-electron chi connectivity index (χ1n) is 6.63. The van der Waals surface area contributed by atoms with Crippen LogP contribution in [0.25, 0.3) is 0 Å². The molecule has 1 aliphatic rings. The number of rotatable bonds is 6. The molecule has 2 unspecified atom stereocenters. The average Bonchev–Trinajstić information content (AvgIpc) is 2.36. The van der Waals surface area contributed by atoms with Crippen LogP contribution >= 0.6 is 0 Å². The number of carbonyl (C=O) groups excluding carboxylic acids is 1. The lowest BCUT2D eigenvalue weighted by Gasteiger charge is -2.29. The normalized spacial score (nSPS) is 20.9. The van der Waals surface area contributed by atoms with E-state index in [-0.39, 0.29) is 11.9 Å². The van der Waals surface area contributed by atoms with E-state index in [4.69, 9.17) is 9.47 Å². The molecular weight excluding hydrogens is 218 g/mol. The summed E-state index contributed by atoms with van der Waals surface area (Å²) in [4.78, 5) is 11.4. The molecule has 0 spiro atoms. The summed E-state index contributed by atoms with van der Waals surface area (Å²) in [6.07, 6.45) is 2.23. The van der Waals surface area contributed by atoms with Crippen molar-refractivity contribution in [2.45, 2.75) is 39.7 Å². The van der Waals surface area contributed by atoms with E-state index in [1.807, 2.05) is 13.8 Å². The lowest BCUT2D eigenvalue weighted by atomic mass is 9.92. The summed E-state index contributed by atoms with van der Waals surface area (Å²) in [5.74, 6) is 0.481. The fourth-order valence-electron chi connectivity index (χ4n) is 2.11. The minimum Gasteiger partial charge on any atom is -0.466 e. The third-order valence-electron chi connectivity index (χ3n) is 3.41. The third kappa shape index (κ3) is 5.04. The molecule has 0 saturated carbocycles. The highest BCUT2D eigenvalue weighted by atomic mass is 16.5. The highest BCUT2D eigenvalue weighted by molar-refractivity contribution is 5.72. The van der Waals surface area contributed by atoms with Gasteiger partial charge in [0.05, 0.1) is 12.5 Å². The molecule has 0 aromatic carbocycles. The van der Waals surface area contributed by atoms with Crippen molar-refractivity contribution in [3.05, 3.63) is 0 Å². The van der Waals surface area contributed by atoms with Crippen molar-refractivity contribution in [1.82, 2.24) is 5.32 Å². The maximum absolute atomic E-state index is 11.4. The van der Waals surface area contributed by atoms with Crippen molar-refractivity contribution in [2.75, 3.05) is 26.4 Å². The Balaban J connectivity index is 2.22. The van der Waals surface area contributed by atoms with Gasteiger partial charge in [-0.05, 0) is 32.6 Å². The van der Waals surface area contributed by atoms with E-state index in [1.165, 1.54) is 0 Å². The molecule has 4 nitrogen and oxygen atoms in total. The van der Waals surface area contributed by atoms with E-state index in [1.54, 1.807) is 0 Å². The SMILES string of the molecule is CCOC(=O)C(C)CNC(C)C1CCOCC1. The van der Waals surface area contributed by atoms with Gasteiger partial charge in [-0.3, -0.25) is 4.79 Å². The van der Waals surface area contributed by atoms with E-state index < -0.39 is 0 Å². The monoisotopic (exact) mass is 243 g/mol. The number of hydrogen-bond acceptors (Lipinski definition) is 4. The lowest BCUT2D eigenvalue weighted by Crippen LogP contribution is -2.40. The van der Waals surface area contributed by atoms with Gasteiger partial charge in [-0.2, -0.15) is 0 Å². The van der Waals surface area contributed by atoms with Crippen molar-refractivity contribution in [3.8, 4) is 0 Å². The summed E-state index contributed by atoms with van der Waals surface area (Å²) in [5, 5.41) is 3.44. The summed E-state index contributed by atoms with van der Waals surface area (Å²) in [5.41, 5.74) is 0. The van der Waals surface area contributed by atoms with Gasteiger partial charge in [-0.15, -0.1) is 0 Å². The van der Waals surface area contributed by atoms with Crippen LogP contribution in [0.15, 0.2) is 0 Å². The van der Waals surface area contributed by atoms with Crippen molar-refractivity contribution < 1.29 is 14.3 Å². The molecule has 1 aliphatic heterocycles. The molecule has 1 rings (SSSR count). The van der Waals surface area contributed by atoms with Crippen molar-refractivity contribution in [2.24, 2.45) is 11.8 Å². The standard InChI is InChI=1S/C13H25NO3/c1-4-17-13(15)10(2)9-14-11(3)12-5-7-16-8-6-12/h10-12,14H,4-9H2,1-3H3. The molecule has 100 valence electrons. The summed E-state index contributed by atoms with van der Waals surface area (Å²) < 4.78 is 10.3. The maximum Gasteiger partial charge on any atom is 0.309 e. The molecule has 4 heteroatoms. The Bertz CT molecular complexity index is 227. The summed E-state index contributed by atoms with van der Waals surface area (Å²) in [6, 6.07) is 0.441. The second kappa shape index (κ2) is 7.67. The van der Waals surface area contributed by atoms with E-state index >= 15 is 0 Å². The third-order valence-corrected chi connectivity index (χ3v) is 3.41. The lowest BCUT2D eigenvalue weighted by molar-refractivity contribution is -0.147. The zero-order chi connectivity index (χ0) is 12.7. The summed E-state index contributed by atoms with van der Waals surface area (Å²) in [7, 11) is 0. The van der Waals surface area contributed by atoms with Gasteiger partial charge in [0, 0.05) is 25.8 Å². The average molecular weight is 243 g/mol. The molecule has 0 amide bonds. The Morgan fingerprint density at radius 2 is 2.06 bits per heavy atom. The van der Waals surface area contributed by atoms with Crippen molar-refractivity contribution in [3.63, 3.8) is 0 Å². The number of nitrogens with one attached hydrogen (secondary N) is 1. The van der Waals surface area contributed by atoms with Gasteiger partial charge >= 0.3 is 5.97 Å². The van der Waals surface area contributed by atoms with Gasteiger partial charge in [-0.25, -0.2) is 0 Å². The molecular formula is C13H25NO3. The van der Waals surface area contributed by atoms with Gasteiger partial charge < -0.3 is 14.8 Å². The highest BCUT2D eigenvalue weighted by Gasteiger charge is 2.21. The minimum absolute atomic E-state index is 0.0720. The van der Waals surface area contributed by atoms with Gasteiger partial charge in [0.25, 0.3) is 0 Å². The van der Waals surface area contributed by atoms with Crippen LogP contribution in [0.4, 0.5) is 0 Å². The summed E-state index contributed by atoms with van der Waals surface area (Å²) >= 11 is 0. The second-order valence-corrected chi connectivity index (χ2v) is 4.80. The van der Waals surface area contributed by atoms with Crippen LogP contribution in [0, 0.1) is 11.8 Å². The smallest absolute Gasteiger partial charge is 0.309 e. The molecule has 0 bridgehead atoms. The Hall–Kier alpha value is -0.610. The van der Waals surface area contributed by atoms with E-state index in [9.17, 15) is 4.79 Å². The molecule has 0 aromatic rings. The Morgan fingerprint density at radius 1 is 1.41 bits per heavy atom. The molecule has 17 heavy (non-hydrogen) atoms. The van der Waals surface area contributed by atoms with Crippen LogP contribution < -0.4 is 5.32 Å². The van der Waals surface area contributed by atoms with Crippen molar-refractivity contribution >= 4 is 5.97 Å². The molecule has 1 heterocycles. The molecule has 2 atom stereocenters. The van der Waals surface area contributed by atoms with Crippen LogP contribution in [-0.2, 0) is 14.3 Å². The summed E-state index contributed by atoms with van der Waals surface area (Å²) in [6.45, 7) is 8.81. The molecule has 0 aliphatic carbocycles. The molecule has 0 radical (unpaired) electrons. The van der Waals surface area contributed by atoms with Gasteiger partial charge in [0.2, 0.25) is 0 Å². The molecule has 1 saturated heterocycles. The Morgan fingerprint density at radius 3 is 2.65 bits per heavy atom. The Kier molecular flexibility index (Phi) is 6.52.